The quantitative estimate of drug-likeness (QED) is 0.869. The normalized spacial score (nSPS) is 17.4. The molecule has 1 fully saturated rings. The van der Waals surface area contributed by atoms with Gasteiger partial charge in [-0.15, -0.1) is 0 Å². The monoisotopic (exact) mass is 315 g/mol. The molecule has 1 aliphatic rings. The number of aryl methyl sites for hydroxylation is 1. The zero-order valence-electron chi connectivity index (χ0n) is 11.6. The second-order valence-electron chi connectivity index (χ2n) is 5.36. The maximum absolute atomic E-state index is 12.3. The lowest BCUT2D eigenvalue weighted by Crippen LogP contribution is -2.53. The van der Waals surface area contributed by atoms with Crippen molar-refractivity contribution in [2.45, 2.75) is 50.0 Å². The van der Waals surface area contributed by atoms with Crippen LogP contribution in [0.1, 0.15) is 48.5 Å². The Morgan fingerprint density at radius 1 is 1.40 bits per heavy atom. The molecule has 1 N–H and O–H groups in total. The third kappa shape index (κ3) is 2.99. The summed E-state index contributed by atoms with van der Waals surface area (Å²) < 4.78 is 22.5. The van der Waals surface area contributed by atoms with Gasteiger partial charge in [0, 0.05) is 21.8 Å². The Morgan fingerprint density at radius 2 is 2.05 bits per heavy atom. The summed E-state index contributed by atoms with van der Waals surface area (Å²) in [7, 11) is 1.53. The van der Waals surface area contributed by atoms with Crippen molar-refractivity contribution in [1.82, 2.24) is 5.32 Å². The highest BCUT2D eigenvalue weighted by Crippen LogP contribution is 2.35. The molecule has 4 nitrogen and oxygen atoms in total. The number of amides is 1. The molecule has 110 valence electrons. The Labute approximate surface area is 123 Å². The number of carbonyl (C=O) groups is 1. The molecular formula is C14H18ClNO3S. The first-order chi connectivity index (χ1) is 9.27. The standard InChI is InChI=1S/C14H18ClNO3S/c1-3-14(7-4-8-14)16-13(17)12-6-5-11(9-10(12)2)20(15,18)19/h5-6,9H,3-4,7-8H2,1-2H3,(H,16,17). The van der Waals surface area contributed by atoms with E-state index in [-0.39, 0.29) is 16.3 Å². The van der Waals surface area contributed by atoms with E-state index in [1.807, 2.05) is 0 Å². The van der Waals surface area contributed by atoms with Crippen LogP contribution < -0.4 is 5.32 Å². The largest absolute Gasteiger partial charge is 0.347 e. The summed E-state index contributed by atoms with van der Waals surface area (Å²) in [6.07, 6.45) is 4.05. The van der Waals surface area contributed by atoms with Crippen molar-refractivity contribution >= 4 is 25.6 Å². The van der Waals surface area contributed by atoms with Crippen molar-refractivity contribution < 1.29 is 13.2 Å². The molecule has 1 aromatic rings. The highest BCUT2D eigenvalue weighted by atomic mass is 35.7. The van der Waals surface area contributed by atoms with Crippen LogP contribution in [-0.2, 0) is 9.05 Å². The predicted molar refractivity (Wildman–Crippen MR) is 78.6 cm³/mol. The van der Waals surface area contributed by atoms with Crippen molar-refractivity contribution in [1.29, 1.82) is 0 Å². The SMILES string of the molecule is CCC1(NC(=O)c2ccc(S(=O)(=O)Cl)cc2C)CCC1. The summed E-state index contributed by atoms with van der Waals surface area (Å²) in [6.45, 7) is 3.77. The predicted octanol–water partition coefficient (Wildman–Crippen LogP) is 2.99. The van der Waals surface area contributed by atoms with Gasteiger partial charge in [-0.25, -0.2) is 8.42 Å². The average molecular weight is 316 g/mol. The Bertz CT molecular complexity index is 630. The molecule has 0 unspecified atom stereocenters. The summed E-state index contributed by atoms with van der Waals surface area (Å²) in [6, 6.07) is 4.31. The maximum atomic E-state index is 12.3. The van der Waals surface area contributed by atoms with E-state index < -0.39 is 9.05 Å². The summed E-state index contributed by atoms with van der Waals surface area (Å²) in [5, 5.41) is 3.07. The smallest absolute Gasteiger partial charge is 0.261 e. The highest BCUT2D eigenvalue weighted by molar-refractivity contribution is 8.13. The minimum Gasteiger partial charge on any atom is -0.347 e. The minimum atomic E-state index is -3.76. The van der Waals surface area contributed by atoms with Gasteiger partial charge >= 0.3 is 0 Å². The van der Waals surface area contributed by atoms with Gasteiger partial charge in [0.25, 0.3) is 15.0 Å². The Morgan fingerprint density at radius 3 is 2.45 bits per heavy atom. The van der Waals surface area contributed by atoms with Gasteiger partial charge in [-0.1, -0.05) is 6.92 Å². The fourth-order valence-corrected chi connectivity index (χ4v) is 3.36. The van der Waals surface area contributed by atoms with E-state index in [4.69, 9.17) is 10.7 Å². The fraction of sp³-hybridized carbons (Fsp3) is 0.500. The van der Waals surface area contributed by atoms with Crippen LogP contribution in [0.5, 0.6) is 0 Å². The van der Waals surface area contributed by atoms with E-state index >= 15 is 0 Å². The molecule has 0 aromatic heterocycles. The number of hydrogen-bond donors (Lipinski definition) is 1. The Kier molecular flexibility index (Phi) is 4.12. The number of benzene rings is 1. The first kappa shape index (κ1) is 15.3. The van der Waals surface area contributed by atoms with Gasteiger partial charge in [0.1, 0.15) is 0 Å². The fourth-order valence-electron chi connectivity index (χ4n) is 2.52. The van der Waals surface area contributed by atoms with Gasteiger partial charge in [-0.3, -0.25) is 4.79 Å². The van der Waals surface area contributed by atoms with Gasteiger partial charge < -0.3 is 5.32 Å². The zero-order chi connectivity index (χ0) is 15.0. The van der Waals surface area contributed by atoms with Gasteiger partial charge in [-0.2, -0.15) is 0 Å². The average Bonchev–Trinajstić information content (AvgIpc) is 2.32. The molecule has 1 amide bonds. The van der Waals surface area contributed by atoms with Crippen LogP contribution >= 0.6 is 10.7 Å². The molecule has 6 heteroatoms. The second kappa shape index (κ2) is 5.37. The summed E-state index contributed by atoms with van der Waals surface area (Å²) in [5.74, 6) is -0.150. The number of rotatable bonds is 4. The third-order valence-electron chi connectivity index (χ3n) is 4.09. The van der Waals surface area contributed by atoms with Crippen LogP contribution in [0.15, 0.2) is 23.1 Å². The molecule has 0 saturated heterocycles. The lowest BCUT2D eigenvalue weighted by molar-refractivity contribution is 0.0819. The Balaban J connectivity index is 2.23. The lowest BCUT2D eigenvalue weighted by atomic mass is 9.74. The molecule has 2 rings (SSSR count). The summed E-state index contributed by atoms with van der Waals surface area (Å²) >= 11 is 0. The molecule has 0 radical (unpaired) electrons. The topological polar surface area (TPSA) is 63.2 Å². The van der Waals surface area contributed by atoms with Gasteiger partial charge in [0.05, 0.1) is 4.90 Å². The number of halogens is 1. The zero-order valence-corrected chi connectivity index (χ0v) is 13.1. The van der Waals surface area contributed by atoms with Crippen LogP contribution in [0.4, 0.5) is 0 Å². The second-order valence-corrected chi connectivity index (χ2v) is 7.92. The van der Waals surface area contributed by atoms with Crippen molar-refractivity contribution in [2.75, 3.05) is 0 Å². The molecule has 0 bridgehead atoms. The molecule has 0 atom stereocenters. The highest BCUT2D eigenvalue weighted by Gasteiger charge is 2.36. The van der Waals surface area contributed by atoms with Gasteiger partial charge in [0.15, 0.2) is 0 Å². The minimum absolute atomic E-state index is 0.0158. The van der Waals surface area contributed by atoms with Gasteiger partial charge in [-0.05, 0) is 56.4 Å². The van der Waals surface area contributed by atoms with Crippen LogP contribution in [-0.4, -0.2) is 19.9 Å². The van der Waals surface area contributed by atoms with E-state index in [9.17, 15) is 13.2 Å². The lowest BCUT2D eigenvalue weighted by Gasteiger charge is -2.42. The molecular weight excluding hydrogens is 298 g/mol. The van der Waals surface area contributed by atoms with Crippen LogP contribution in [0.3, 0.4) is 0 Å². The van der Waals surface area contributed by atoms with E-state index in [1.165, 1.54) is 18.2 Å². The van der Waals surface area contributed by atoms with E-state index in [0.717, 1.165) is 25.7 Å². The Hall–Kier alpha value is -1.07. The molecule has 0 aliphatic heterocycles. The van der Waals surface area contributed by atoms with E-state index in [2.05, 4.69) is 12.2 Å². The first-order valence-electron chi connectivity index (χ1n) is 6.65. The first-order valence-corrected chi connectivity index (χ1v) is 8.96. The molecule has 1 aromatic carbocycles. The van der Waals surface area contributed by atoms with E-state index in [1.54, 1.807) is 6.92 Å². The molecule has 0 spiro atoms. The number of carbonyl (C=O) groups excluding carboxylic acids is 1. The van der Waals surface area contributed by atoms with Crippen LogP contribution in [0.25, 0.3) is 0 Å². The number of hydrogen-bond acceptors (Lipinski definition) is 3. The van der Waals surface area contributed by atoms with Crippen LogP contribution in [0, 0.1) is 6.92 Å². The number of nitrogens with one attached hydrogen (secondary N) is 1. The van der Waals surface area contributed by atoms with Crippen molar-refractivity contribution in [3.63, 3.8) is 0 Å². The van der Waals surface area contributed by atoms with Gasteiger partial charge in [0.2, 0.25) is 0 Å². The van der Waals surface area contributed by atoms with Crippen molar-refractivity contribution in [3.05, 3.63) is 29.3 Å². The van der Waals surface area contributed by atoms with E-state index in [0.29, 0.717) is 11.1 Å². The summed E-state index contributed by atoms with van der Waals surface area (Å²) in [5.41, 5.74) is 1.02. The van der Waals surface area contributed by atoms with Crippen molar-refractivity contribution in [3.8, 4) is 0 Å². The van der Waals surface area contributed by atoms with Crippen molar-refractivity contribution in [2.24, 2.45) is 0 Å². The third-order valence-corrected chi connectivity index (χ3v) is 5.44. The van der Waals surface area contributed by atoms with Crippen LogP contribution in [0.2, 0.25) is 0 Å². The molecule has 1 saturated carbocycles. The molecule has 20 heavy (non-hydrogen) atoms. The molecule has 1 aliphatic carbocycles. The maximum Gasteiger partial charge on any atom is 0.261 e. The molecule has 0 heterocycles. The summed E-state index contributed by atoms with van der Waals surface area (Å²) in [4.78, 5) is 12.3.